The van der Waals surface area contributed by atoms with Crippen LogP contribution in [0.4, 0.5) is 0 Å². The molecule has 12 rings (SSSR count). The van der Waals surface area contributed by atoms with Crippen molar-refractivity contribution < 1.29 is 0 Å². The highest BCUT2D eigenvalue weighted by atomic mass is 32.1. The zero-order chi connectivity index (χ0) is 35.3. The van der Waals surface area contributed by atoms with Crippen molar-refractivity contribution in [1.82, 2.24) is 0 Å². The average molecular weight is 719 g/mol. The maximum absolute atomic E-state index is 2.45. The molecule has 0 saturated carbocycles. The second kappa shape index (κ2) is 11.6. The SMILES string of the molecule is c1ccc(-c2ccc(-c3c4ccccc4c(-c4ccc5sc6cc7c(ccc8c9ccccc9sc78)cc6c5c4)c4ccccc34)c3ccccc23)cc1. The number of hydrogen-bond donors (Lipinski definition) is 0. The zero-order valence-corrected chi connectivity index (χ0v) is 30.8. The monoisotopic (exact) mass is 718 g/mol. The van der Waals surface area contributed by atoms with Crippen molar-refractivity contribution in [3.05, 3.63) is 182 Å². The van der Waals surface area contributed by atoms with Gasteiger partial charge in [0, 0.05) is 45.7 Å². The van der Waals surface area contributed by atoms with E-state index in [4.69, 9.17) is 0 Å². The van der Waals surface area contributed by atoms with Gasteiger partial charge in [-0.2, -0.15) is 0 Å². The van der Waals surface area contributed by atoms with Crippen LogP contribution in [0.2, 0.25) is 0 Å². The van der Waals surface area contributed by atoms with Crippen molar-refractivity contribution in [2.45, 2.75) is 0 Å². The summed E-state index contributed by atoms with van der Waals surface area (Å²) in [5.41, 5.74) is 7.61. The van der Waals surface area contributed by atoms with Gasteiger partial charge in [0.2, 0.25) is 0 Å². The molecule has 0 spiro atoms. The number of fused-ring (bicyclic) bond motifs is 11. The Hall–Kier alpha value is -6.32. The predicted octanol–water partition coefficient (Wildman–Crippen LogP) is 16.0. The first-order valence-electron chi connectivity index (χ1n) is 18.5. The molecule has 250 valence electrons. The van der Waals surface area contributed by atoms with Crippen LogP contribution in [0.5, 0.6) is 0 Å². The molecular formula is C52H30S2. The predicted molar refractivity (Wildman–Crippen MR) is 239 cm³/mol. The molecule has 0 radical (unpaired) electrons. The fourth-order valence-corrected chi connectivity index (χ4v) is 11.4. The lowest BCUT2D eigenvalue weighted by Crippen LogP contribution is -1.92. The third kappa shape index (κ3) is 4.36. The molecule has 0 atom stereocenters. The van der Waals surface area contributed by atoms with E-state index in [0.29, 0.717) is 0 Å². The average Bonchev–Trinajstić information content (AvgIpc) is 3.80. The Morgan fingerprint density at radius 1 is 0.259 bits per heavy atom. The minimum atomic E-state index is 1.24. The summed E-state index contributed by atoms with van der Waals surface area (Å²) in [7, 11) is 0. The molecule has 0 aliphatic rings. The van der Waals surface area contributed by atoms with Gasteiger partial charge in [0.25, 0.3) is 0 Å². The Balaban J connectivity index is 1.10. The number of benzene rings is 10. The smallest absolute Gasteiger partial charge is 0.0434 e. The second-order valence-electron chi connectivity index (χ2n) is 14.3. The van der Waals surface area contributed by atoms with Gasteiger partial charge in [0.05, 0.1) is 0 Å². The number of rotatable bonds is 3. The van der Waals surface area contributed by atoms with E-state index >= 15 is 0 Å². The van der Waals surface area contributed by atoms with Gasteiger partial charge < -0.3 is 0 Å². The van der Waals surface area contributed by atoms with E-state index < -0.39 is 0 Å². The first-order chi connectivity index (χ1) is 26.8. The van der Waals surface area contributed by atoms with E-state index in [1.54, 1.807) is 0 Å². The van der Waals surface area contributed by atoms with Crippen LogP contribution in [0.25, 0.3) is 117 Å². The van der Waals surface area contributed by atoms with Gasteiger partial charge in [0.15, 0.2) is 0 Å². The first kappa shape index (κ1) is 30.2. The van der Waals surface area contributed by atoms with Gasteiger partial charge in [-0.3, -0.25) is 0 Å². The van der Waals surface area contributed by atoms with Crippen LogP contribution in [0.15, 0.2) is 182 Å². The standard InChI is InChI=1S/C52H30S2/c1-2-12-31(13-3-1)34-25-26-42(36-15-5-4-14-35(34)36)51-40-19-8-6-17-38(40)50(39-18-7-9-20-41(39)51)33-23-27-48-45(29-33)46-28-32-22-24-43-37-16-10-11-21-47(37)54-52(43)44(32)30-49(46)53-48/h1-30H. The summed E-state index contributed by atoms with van der Waals surface area (Å²) in [5, 5.41) is 15.7. The maximum atomic E-state index is 2.45. The summed E-state index contributed by atoms with van der Waals surface area (Å²) in [6.07, 6.45) is 0. The van der Waals surface area contributed by atoms with Gasteiger partial charge in [-0.05, 0) is 101 Å². The molecule has 0 amide bonds. The maximum Gasteiger partial charge on any atom is 0.0434 e. The molecule has 54 heavy (non-hydrogen) atoms. The summed E-state index contributed by atoms with van der Waals surface area (Å²) >= 11 is 3.82. The van der Waals surface area contributed by atoms with Crippen molar-refractivity contribution in [2.24, 2.45) is 0 Å². The molecule has 0 saturated heterocycles. The van der Waals surface area contributed by atoms with E-state index in [2.05, 4.69) is 182 Å². The van der Waals surface area contributed by atoms with Crippen LogP contribution in [0, 0.1) is 0 Å². The fraction of sp³-hybridized carbons (Fsp3) is 0. The molecule has 2 heteroatoms. The lowest BCUT2D eigenvalue weighted by atomic mass is 9.83. The van der Waals surface area contributed by atoms with E-state index in [0.717, 1.165) is 0 Å². The van der Waals surface area contributed by atoms with E-state index in [9.17, 15) is 0 Å². The van der Waals surface area contributed by atoms with Crippen molar-refractivity contribution in [1.29, 1.82) is 0 Å². The third-order valence-corrected chi connectivity index (χ3v) is 13.8. The minimum absolute atomic E-state index is 1.24. The Morgan fingerprint density at radius 3 is 1.57 bits per heavy atom. The van der Waals surface area contributed by atoms with E-state index in [1.807, 2.05) is 22.7 Å². The molecule has 0 bridgehead atoms. The first-order valence-corrected chi connectivity index (χ1v) is 20.1. The van der Waals surface area contributed by atoms with Gasteiger partial charge in [0.1, 0.15) is 0 Å². The van der Waals surface area contributed by atoms with Gasteiger partial charge in [-0.15, -0.1) is 22.7 Å². The molecule has 2 aromatic heterocycles. The highest BCUT2D eigenvalue weighted by Gasteiger charge is 2.20. The molecule has 0 unspecified atom stereocenters. The van der Waals surface area contributed by atoms with Crippen LogP contribution in [0.1, 0.15) is 0 Å². The Labute approximate surface area is 319 Å². The van der Waals surface area contributed by atoms with Gasteiger partial charge in [-0.1, -0.05) is 152 Å². The van der Waals surface area contributed by atoms with Crippen LogP contribution in [-0.4, -0.2) is 0 Å². The van der Waals surface area contributed by atoms with Gasteiger partial charge >= 0.3 is 0 Å². The molecule has 0 fully saturated rings. The lowest BCUT2D eigenvalue weighted by Gasteiger charge is -2.19. The normalized spacial score (nSPS) is 12.1. The topological polar surface area (TPSA) is 0 Å². The summed E-state index contributed by atoms with van der Waals surface area (Å²) in [6.45, 7) is 0. The summed E-state index contributed by atoms with van der Waals surface area (Å²) in [4.78, 5) is 0. The molecule has 0 aliphatic carbocycles. The molecular weight excluding hydrogens is 689 g/mol. The summed E-state index contributed by atoms with van der Waals surface area (Å²) in [6, 6.07) is 67.8. The minimum Gasteiger partial charge on any atom is -0.135 e. The Kier molecular flexibility index (Phi) is 6.48. The Morgan fingerprint density at radius 2 is 0.833 bits per heavy atom. The number of hydrogen-bond acceptors (Lipinski definition) is 2. The highest BCUT2D eigenvalue weighted by molar-refractivity contribution is 7.27. The van der Waals surface area contributed by atoms with Crippen molar-refractivity contribution in [2.75, 3.05) is 0 Å². The van der Waals surface area contributed by atoms with Crippen molar-refractivity contribution >= 4 is 106 Å². The molecule has 10 aromatic carbocycles. The van der Waals surface area contributed by atoms with E-state index in [1.165, 1.54) is 117 Å². The molecule has 0 N–H and O–H groups in total. The van der Waals surface area contributed by atoms with Crippen LogP contribution in [0.3, 0.4) is 0 Å². The zero-order valence-electron chi connectivity index (χ0n) is 29.1. The molecule has 2 heterocycles. The largest absolute Gasteiger partial charge is 0.135 e. The lowest BCUT2D eigenvalue weighted by molar-refractivity contribution is 1.64. The van der Waals surface area contributed by atoms with Crippen molar-refractivity contribution in [3.8, 4) is 33.4 Å². The van der Waals surface area contributed by atoms with E-state index in [-0.39, 0.29) is 0 Å². The Bertz CT molecular complexity index is 3430. The van der Waals surface area contributed by atoms with Crippen LogP contribution < -0.4 is 0 Å². The second-order valence-corrected chi connectivity index (χ2v) is 16.5. The fourth-order valence-electron chi connectivity index (χ4n) is 9.05. The third-order valence-electron chi connectivity index (χ3n) is 11.4. The quantitative estimate of drug-likeness (QED) is 0.160. The summed E-state index contributed by atoms with van der Waals surface area (Å²) < 4.78 is 5.40. The molecule has 0 nitrogen and oxygen atoms in total. The van der Waals surface area contributed by atoms with Crippen LogP contribution in [-0.2, 0) is 0 Å². The van der Waals surface area contributed by atoms with Crippen LogP contribution >= 0.6 is 22.7 Å². The number of thiophene rings is 2. The van der Waals surface area contributed by atoms with Crippen molar-refractivity contribution in [3.63, 3.8) is 0 Å². The summed E-state index contributed by atoms with van der Waals surface area (Å²) in [5.74, 6) is 0. The van der Waals surface area contributed by atoms with Gasteiger partial charge in [-0.25, -0.2) is 0 Å². The molecule has 0 aliphatic heterocycles. The highest BCUT2D eigenvalue weighted by Crippen LogP contribution is 2.48. The molecule has 12 aromatic rings.